The van der Waals surface area contributed by atoms with Gasteiger partial charge >= 0.3 is 5.97 Å². The third-order valence-electron chi connectivity index (χ3n) is 4.17. The molecule has 146 valence electrons. The maximum Gasteiger partial charge on any atom is 0.303 e. The number of ether oxygens (including phenoxy) is 1. The van der Waals surface area contributed by atoms with Crippen LogP contribution in [0.1, 0.15) is 40.2 Å². The first-order chi connectivity index (χ1) is 13.4. The van der Waals surface area contributed by atoms with Crippen LogP contribution >= 0.6 is 0 Å². The highest BCUT2D eigenvalue weighted by Gasteiger charge is 2.17. The number of aromatic nitrogens is 2. The highest BCUT2D eigenvalue weighted by Crippen LogP contribution is 2.22. The molecule has 0 saturated heterocycles. The Morgan fingerprint density at radius 1 is 1.21 bits per heavy atom. The predicted octanol–water partition coefficient (Wildman–Crippen LogP) is 3.01. The van der Waals surface area contributed by atoms with Crippen LogP contribution in [0.3, 0.4) is 0 Å². The molecule has 8 nitrogen and oxygen atoms in total. The monoisotopic (exact) mass is 383 g/mol. The molecule has 8 heteroatoms. The average Bonchev–Trinajstić information content (AvgIpc) is 3.04. The first-order valence-corrected chi connectivity index (χ1v) is 8.89. The van der Waals surface area contributed by atoms with Crippen LogP contribution in [0.5, 0.6) is 5.75 Å². The SMILES string of the molecule is Cc1cc(C(=O)NCc2ccc(OCCCC(=O)O)cc2)c2c(C)noc2n1. The molecule has 0 atom stereocenters. The number of nitrogens with one attached hydrogen (secondary N) is 1. The summed E-state index contributed by atoms with van der Waals surface area (Å²) in [6.07, 6.45) is 0.534. The Balaban J connectivity index is 1.59. The molecular formula is C20H21N3O5. The predicted molar refractivity (Wildman–Crippen MR) is 101 cm³/mol. The van der Waals surface area contributed by atoms with Crippen LogP contribution in [-0.4, -0.2) is 33.7 Å². The molecule has 1 aromatic carbocycles. The molecule has 0 aliphatic heterocycles. The number of aryl methyl sites for hydroxylation is 2. The first-order valence-electron chi connectivity index (χ1n) is 8.89. The van der Waals surface area contributed by atoms with E-state index in [2.05, 4.69) is 15.5 Å². The van der Waals surface area contributed by atoms with E-state index in [0.717, 1.165) is 5.56 Å². The number of amides is 1. The number of carbonyl (C=O) groups excluding carboxylic acids is 1. The second-order valence-electron chi connectivity index (χ2n) is 6.43. The molecule has 2 N–H and O–H groups in total. The molecule has 2 aromatic heterocycles. The number of pyridine rings is 1. The Morgan fingerprint density at radius 3 is 2.68 bits per heavy atom. The Labute approximate surface area is 161 Å². The number of carboxylic acids is 1. The zero-order chi connectivity index (χ0) is 20.1. The van der Waals surface area contributed by atoms with Crippen molar-refractivity contribution in [2.45, 2.75) is 33.2 Å². The fourth-order valence-electron chi connectivity index (χ4n) is 2.79. The summed E-state index contributed by atoms with van der Waals surface area (Å²) in [5.74, 6) is -0.402. The summed E-state index contributed by atoms with van der Waals surface area (Å²) in [4.78, 5) is 27.4. The smallest absolute Gasteiger partial charge is 0.303 e. The lowest BCUT2D eigenvalue weighted by Crippen LogP contribution is -2.23. The average molecular weight is 383 g/mol. The minimum Gasteiger partial charge on any atom is -0.494 e. The van der Waals surface area contributed by atoms with Crippen LogP contribution in [0, 0.1) is 13.8 Å². The Hall–Kier alpha value is -3.42. The van der Waals surface area contributed by atoms with Crippen molar-refractivity contribution < 1.29 is 24.0 Å². The largest absolute Gasteiger partial charge is 0.494 e. The van der Waals surface area contributed by atoms with E-state index in [1.54, 1.807) is 32.0 Å². The van der Waals surface area contributed by atoms with E-state index in [4.69, 9.17) is 14.4 Å². The summed E-state index contributed by atoms with van der Waals surface area (Å²) < 4.78 is 10.7. The molecule has 0 aliphatic carbocycles. The highest BCUT2D eigenvalue weighted by atomic mass is 16.5. The molecule has 3 rings (SSSR count). The molecule has 0 aliphatic rings. The van der Waals surface area contributed by atoms with Crippen LogP contribution in [-0.2, 0) is 11.3 Å². The number of hydrogen-bond donors (Lipinski definition) is 2. The van der Waals surface area contributed by atoms with Gasteiger partial charge in [0.2, 0.25) is 0 Å². The molecule has 0 radical (unpaired) electrons. The van der Waals surface area contributed by atoms with Gasteiger partial charge in [0.05, 0.1) is 23.3 Å². The minimum absolute atomic E-state index is 0.0809. The summed E-state index contributed by atoms with van der Waals surface area (Å²) in [7, 11) is 0. The molecule has 0 bridgehead atoms. The molecule has 0 fully saturated rings. The van der Waals surface area contributed by atoms with Crippen LogP contribution in [0.15, 0.2) is 34.9 Å². The Bertz CT molecular complexity index is 995. The van der Waals surface area contributed by atoms with Crippen molar-refractivity contribution in [2.24, 2.45) is 0 Å². The van der Waals surface area contributed by atoms with Gasteiger partial charge in [0.25, 0.3) is 11.6 Å². The van der Waals surface area contributed by atoms with E-state index in [9.17, 15) is 9.59 Å². The summed E-state index contributed by atoms with van der Waals surface area (Å²) >= 11 is 0. The Kier molecular flexibility index (Phi) is 5.88. The van der Waals surface area contributed by atoms with Crippen molar-refractivity contribution in [1.82, 2.24) is 15.5 Å². The first kappa shape index (κ1) is 19.3. The van der Waals surface area contributed by atoms with Crippen LogP contribution < -0.4 is 10.1 Å². The lowest BCUT2D eigenvalue weighted by Gasteiger charge is -2.09. The number of aliphatic carboxylic acids is 1. The van der Waals surface area contributed by atoms with Crippen molar-refractivity contribution in [3.63, 3.8) is 0 Å². The van der Waals surface area contributed by atoms with Gasteiger partial charge in [-0.1, -0.05) is 17.3 Å². The number of benzene rings is 1. The summed E-state index contributed by atoms with van der Waals surface area (Å²) in [6, 6.07) is 9.01. The van der Waals surface area contributed by atoms with Crippen molar-refractivity contribution in [3.05, 3.63) is 52.8 Å². The maximum absolute atomic E-state index is 12.6. The van der Waals surface area contributed by atoms with Crippen molar-refractivity contribution >= 4 is 23.0 Å². The number of rotatable bonds is 8. The number of carboxylic acid groups (broad SMARTS) is 1. The molecule has 0 unspecified atom stereocenters. The van der Waals surface area contributed by atoms with Gasteiger partial charge in [0.15, 0.2) is 0 Å². The highest BCUT2D eigenvalue weighted by molar-refractivity contribution is 6.05. The van der Waals surface area contributed by atoms with Gasteiger partial charge in [-0.3, -0.25) is 9.59 Å². The molecule has 2 heterocycles. The lowest BCUT2D eigenvalue weighted by molar-refractivity contribution is -0.137. The molecule has 3 aromatic rings. The zero-order valence-corrected chi connectivity index (χ0v) is 15.7. The van der Waals surface area contributed by atoms with Gasteiger partial charge in [-0.15, -0.1) is 0 Å². The lowest BCUT2D eigenvalue weighted by atomic mass is 10.1. The fraction of sp³-hybridized carbons (Fsp3) is 0.300. The van der Waals surface area contributed by atoms with Gasteiger partial charge in [-0.2, -0.15) is 0 Å². The van der Waals surface area contributed by atoms with Crippen LogP contribution in [0.2, 0.25) is 0 Å². The minimum atomic E-state index is -0.835. The second-order valence-corrected chi connectivity index (χ2v) is 6.43. The third kappa shape index (κ3) is 4.64. The standard InChI is InChI=1S/C20H21N3O5/c1-12-10-16(18-13(2)23-28-20(18)22-12)19(26)21-11-14-5-7-15(8-6-14)27-9-3-4-17(24)25/h5-8,10H,3-4,9,11H2,1-2H3,(H,21,26)(H,24,25). The van der Waals surface area contributed by atoms with Gasteiger partial charge in [-0.25, -0.2) is 4.98 Å². The maximum atomic E-state index is 12.6. The topological polar surface area (TPSA) is 115 Å². The molecular weight excluding hydrogens is 362 g/mol. The van der Waals surface area contributed by atoms with Gasteiger partial charge < -0.3 is 19.7 Å². The van der Waals surface area contributed by atoms with E-state index >= 15 is 0 Å². The van der Waals surface area contributed by atoms with Crippen LogP contribution in [0.4, 0.5) is 0 Å². The number of hydrogen-bond acceptors (Lipinski definition) is 6. The number of nitrogens with zero attached hydrogens (tertiary/aromatic N) is 2. The van der Waals surface area contributed by atoms with Crippen LogP contribution in [0.25, 0.3) is 11.1 Å². The second kappa shape index (κ2) is 8.51. The quantitative estimate of drug-likeness (QED) is 0.575. The van der Waals surface area contributed by atoms with Gasteiger partial charge in [-0.05, 0) is 44.0 Å². The van der Waals surface area contributed by atoms with Crippen molar-refractivity contribution in [2.75, 3.05) is 6.61 Å². The summed E-state index contributed by atoms with van der Waals surface area (Å²) in [6.45, 7) is 4.27. The number of fused-ring (bicyclic) bond motifs is 1. The van der Waals surface area contributed by atoms with Gasteiger partial charge in [0, 0.05) is 18.7 Å². The van der Waals surface area contributed by atoms with E-state index in [0.29, 0.717) is 53.4 Å². The third-order valence-corrected chi connectivity index (χ3v) is 4.17. The molecule has 28 heavy (non-hydrogen) atoms. The summed E-state index contributed by atoms with van der Waals surface area (Å²) in [5.41, 5.74) is 3.05. The van der Waals surface area contributed by atoms with E-state index < -0.39 is 5.97 Å². The summed E-state index contributed by atoms with van der Waals surface area (Å²) in [5, 5.41) is 16.0. The Morgan fingerprint density at radius 2 is 1.96 bits per heavy atom. The number of carbonyl (C=O) groups is 2. The fourth-order valence-corrected chi connectivity index (χ4v) is 2.79. The zero-order valence-electron chi connectivity index (χ0n) is 15.7. The van der Waals surface area contributed by atoms with E-state index in [-0.39, 0.29) is 12.3 Å². The normalized spacial score (nSPS) is 10.8. The van der Waals surface area contributed by atoms with Crippen molar-refractivity contribution in [3.8, 4) is 5.75 Å². The van der Waals surface area contributed by atoms with E-state index in [1.807, 2.05) is 12.1 Å². The van der Waals surface area contributed by atoms with Gasteiger partial charge in [0.1, 0.15) is 5.75 Å². The molecule has 0 saturated carbocycles. The molecule has 0 spiro atoms. The van der Waals surface area contributed by atoms with E-state index in [1.165, 1.54) is 0 Å². The van der Waals surface area contributed by atoms with Crippen molar-refractivity contribution in [1.29, 1.82) is 0 Å². The molecule has 1 amide bonds.